The molecule has 0 radical (unpaired) electrons. The van der Waals surface area contributed by atoms with E-state index in [9.17, 15) is 22.8 Å². The molecule has 1 atom stereocenters. The van der Waals surface area contributed by atoms with E-state index in [-0.39, 0.29) is 11.4 Å². The standard InChI is InChI=1S/C20H20F3N3O2.C2H6/c1-4-6-9-14(5-2)17-15-10-7-8-11-16(15)26(12-20(21,22)23)19(28)18(25-17)24-13(3)27;1-2/h4-11,18H,2,12H2,1,3H3,(H,24,27);1-2H3/b6-4-,14-9+;. The van der Waals surface area contributed by atoms with Gasteiger partial charge in [-0.2, -0.15) is 13.2 Å². The number of para-hydroxylation sites is 1. The number of carbonyl (C=O) groups excluding carboxylic acids is 2. The van der Waals surface area contributed by atoms with Crippen LogP contribution in [0.2, 0.25) is 0 Å². The number of allylic oxidation sites excluding steroid dienone is 5. The smallest absolute Gasteiger partial charge is 0.327 e. The second kappa shape index (κ2) is 11.1. The summed E-state index contributed by atoms with van der Waals surface area (Å²) < 4.78 is 39.5. The number of anilines is 1. The van der Waals surface area contributed by atoms with E-state index in [1.54, 1.807) is 37.3 Å². The lowest BCUT2D eigenvalue weighted by Crippen LogP contribution is -2.49. The van der Waals surface area contributed by atoms with Crippen molar-refractivity contribution < 1.29 is 22.8 Å². The Bertz CT molecular complexity index is 871. The lowest BCUT2D eigenvalue weighted by atomic mass is 9.99. The molecule has 30 heavy (non-hydrogen) atoms. The van der Waals surface area contributed by atoms with Crippen molar-refractivity contribution in [3.05, 3.63) is 66.3 Å². The maximum atomic E-state index is 13.2. The second-order valence-electron chi connectivity index (χ2n) is 5.99. The Morgan fingerprint density at radius 3 is 2.47 bits per heavy atom. The van der Waals surface area contributed by atoms with Crippen LogP contribution in [0.4, 0.5) is 18.9 Å². The van der Waals surface area contributed by atoms with Crippen molar-refractivity contribution in [2.24, 2.45) is 4.99 Å². The Labute approximate surface area is 174 Å². The number of nitrogens with one attached hydrogen (secondary N) is 1. The van der Waals surface area contributed by atoms with Crippen molar-refractivity contribution in [2.75, 3.05) is 11.4 Å². The molecular weight excluding hydrogens is 395 g/mol. The fourth-order valence-corrected chi connectivity index (χ4v) is 2.73. The van der Waals surface area contributed by atoms with Gasteiger partial charge in [-0.25, -0.2) is 4.99 Å². The number of aliphatic imine (C=N–C) groups is 1. The van der Waals surface area contributed by atoms with Gasteiger partial charge in [0.2, 0.25) is 12.1 Å². The molecular formula is C22H26F3N3O2. The monoisotopic (exact) mass is 421 g/mol. The second-order valence-corrected chi connectivity index (χ2v) is 5.99. The van der Waals surface area contributed by atoms with E-state index in [0.717, 1.165) is 0 Å². The lowest BCUT2D eigenvalue weighted by molar-refractivity contribution is -0.134. The van der Waals surface area contributed by atoms with Gasteiger partial charge in [-0.05, 0) is 18.6 Å². The molecule has 0 saturated heterocycles. The third kappa shape index (κ3) is 6.43. The molecule has 0 aromatic heterocycles. The fraction of sp³-hybridized carbons (Fsp3) is 0.318. The van der Waals surface area contributed by atoms with E-state index in [4.69, 9.17) is 0 Å². The summed E-state index contributed by atoms with van der Waals surface area (Å²) in [5.74, 6) is -1.55. The number of hydrogen-bond donors (Lipinski definition) is 1. The Morgan fingerprint density at radius 1 is 1.30 bits per heavy atom. The molecule has 2 amide bonds. The molecule has 162 valence electrons. The molecule has 1 aromatic rings. The average molecular weight is 421 g/mol. The summed E-state index contributed by atoms with van der Waals surface area (Å²) >= 11 is 0. The Balaban J connectivity index is 0.00000218. The average Bonchev–Trinajstić information content (AvgIpc) is 2.80. The summed E-state index contributed by atoms with van der Waals surface area (Å²) in [6.45, 7) is 9.20. The topological polar surface area (TPSA) is 61.8 Å². The van der Waals surface area contributed by atoms with E-state index < -0.39 is 30.7 Å². The third-order valence-corrected chi connectivity index (χ3v) is 3.85. The molecule has 1 N–H and O–H groups in total. The highest BCUT2D eigenvalue weighted by molar-refractivity contribution is 6.21. The van der Waals surface area contributed by atoms with E-state index in [0.29, 0.717) is 16.0 Å². The first-order valence-electron chi connectivity index (χ1n) is 9.46. The Kier molecular flexibility index (Phi) is 9.23. The number of rotatable bonds is 5. The molecule has 1 aliphatic heterocycles. The van der Waals surface area contributed by atoms with Gasteiger partial charge in [-0.1, -0.05) is 62.9 Å². The molecule has 0 bridgehead atoms. The van der Waals surface area contributed by atoms with Crippen LogP contribution in [0.15, 0.2) is 65.7 Å². The molecule has 0 aliphatic carbocycles. The van der Waals surface area contributed by atoms with Crippen LogP contribution in [-0.4, -0.2) is 36.4 Å². The van der Waals surface area contributed by atoms with Gasteiger partial charge in [0, 0.05) is 12.5 Å². The van der Waals surface area contributed by atoms with E-state index in [1.165, 1.54) is 25.1 Å². The van der Waals surface area contributed by atoms with E-state index in [1.807, 2.05) is 13.8 Å². The summed E-state index contributed by atoms with van der Waals surface area (Å²) in [5, 5.41) is 2.32. The van der Waals surface area contributed by atoms with Crippen molar-refractivity contribution in [2.45, 2.75) is 40.0 Å². The zero-order valence-corrected chi connectivity index (χ0v) is 17.5. The maximum Gasteiger partial charge on any atom is 0.406 e. The van der Waals surface area contributed by atoms with Crippen LogP contribution in [0, 0.1) is 0 Å². The summed E-state index contributed by atoms with van der Waals surface area (Å²) in [6.07, 6.45) is 0.531. The van der Waals surface area contributed by atoms with Gasteiger partial charge < -0.3 is 5.32 Å². The normalized spacial score (nSPS) is 16.8. The van der Waals surface area contributed by atoms with Crippen LogP contribution in [-0.2, 0) is 9.59 Å². The Hall–Kier alpha value is -3.16. The number of amides is 2. The van der Waals surface area contributed by atoms with Gasteiger partial charge in [0.25, 0.3) is 5.91 Å². The number of fused-ring (bicyclic) bond motifs is 1. The first-order chi connectivity index (χ1) is 14.2. The lowest BCUT2D eigenvalue weighted by Gasteiger charge is -2.26. The van der Waals surface area contributed by atoms with E-state index in [2.05, 4.69) is 16.9 Å². The number of nitrogens with zero attached hydrogens (tertiary/aromatic N) is 2. The van der Waals surface area contributed by atoms with Gasteiger partial charge in [-0.3, -0.25) is 14.5 Å². The first-order valence-corrected chi connectivity index (χ1v) is 9.46. The molecule has 1 aromatic carbocycles. The summed E-state index contributed by atoms with van der Waals surface area (Å²) in [6, 6.07) is 6.17. The zero-order valence-electron chi connectivity index (χ0n) is 17.5. The highest BCUT2D eigenvalue weighted by Gasteiger charge is 2.39. The highest BCUT2D eigenvalue weighted by Crippen LogP contribution is 2.31. The zero-order chi connectivity index (χ0) is 22.9. The summed E-state index contributed by atoms with van der Waals surface area (Å²) in [7, 11) is 0. The SMILES string of the molecule is C=C/C(=C\C=C/C)C1=NC(NC(C)=O)C(=O)N(CC(F)(F)F)c2ccccc21.CC. The number of benzodiazepines with no additional fused rings is 1. The van der Waals surface area contributed by atoms with Crippen LogP contribution in [0.3, 0.4) is 0 Å². The van der Waals surface area contributed by atoms with Gasteiger partial charge in [0.05, 0.1) is 11.4 Å². The minimum absolute atomic E-state index is 0.0599. The van der Waals surface area contributed by atoms with Crippen molar-refractivity contribution in [3.63, 3.8) is 0 Å². The maximum absolute atomic E-state index is 13.2. The fourth-order valence-electron chi connectivity index (χ4n) is 2.73. The number of carbonyl (C=O) groups is 2. The predicted molar refractivity (Wildman–Crippen MR) is 113 cm³/mol. The molecule has 0 spiro atoms. The molecule has 1 heterocycles. The van der Waals surface area contributed by atoms with E-state index >= 15 is 0 Å². The van der Waals surface area contributed by atoms with Crippen LogP contribution in [0.25, 0.3) is 0 Å². The van der Waals surface area contributed by atoms with Gasteiger partial charge in [0.1, 0.15) is 6.54 Å². The molecule has 8 heteroatoms. The summed E-state index contributed by atoms with van der Waals surface area (Å²) in [4.78, 5) is 29.3. The molecule has 1 aliphatic rings. The van der Waals surface area contributed by atoms with Crippen LogP contribution >= 0.6 is 0 Å². The highest BCUT2D eigenvalue weighted by atomic mass is 19.4. The minimum atomic E-state index is -4.63. The quantitative estimate of drug-likeness (QED) is 0.709. The number of alkyl halides is 3. The largest absolute Gasteiger partial charge is 0.406 e. The number of hydrogen-bond acceptors (Lipinski definition) is 3. The van der Waals surface area contributed by atoms with Crippen molar-refractivity contribution in [1.82, 2.24) is 5.32 Å². The third-order valence-electron chi connectivity index (χ3n) is 3.85. The number of halogens is 3. The minimum Gasteiger partial charge on any atom is -0.327 e. The molecule has 2 rings (SSSR count). The number of benzene rings is 1. The molecule has 1 unspecified atom stereocenters. The van der Waals surface area contributed by atoms with Crippen LogP contribution in [0.1, 0.15) is 33.3 Å². The van der Waals surface area contributed by atoms with Gasteiger partial charge in [-0.15, -0.1) is 0 Å². The van der Waals surface area contributed by atoms with Crippen LogP contribution < -0.4 is 10.2 Å². The first kappa shape index (κ1) is 24.9. The molecule has 5 nitrogen and oxygen atoms in total. The van der Waals surface area contributed by atoms with Crippen molar-refractivity contribution in [3.8, 4) is 0 Å². The van der Waals surface area contributed by atoms with Crippen molar-refractivity contribution >= 4 is 23.2 Å². The predicted octanol–water partition coefficient (Wildman–Crippen LogP) is 4.56. The Morgan fingerprint density at radius 2 is 1.93 bits per heavy atom. The van der Waals surface area contributed by atoms with Crippen LogP contribution in [0.5, 0.6) is 0 Å². The molecule has 0 saturated carbocycles. The van der Waals surface area contributed by atoms with Gasteiger partial charge in [0.15, 0.2) is 0 Å². The van der Waals surface area contributed by atoms with Crippen molar-refractivity contribution in [1.29, 1.82) is 0 Å². The summed E-state index contributed by atoms with van der Waals surface area (Å²) in [5.41, 5.74) is 1.16. The molecule has 0 fully saturated rings. The van der Waals surface area contributed by atoms with Gasteiger partial charge >= 0.3 is 6.18 Å².